The molecule has 23 heavy (non-hydrogen) atoms. The monoisotopic (exact) mass is 378 g/mol. The predicted octanol–water partition coefficient (Wildman–Crippen LogP) is 4.09. The van der Waals surface area contributed by atoms with Gasteiger partial charge >= 0.3 is 0 Å². The van der Waals surface area contributed by atoms with Crippen molar-refractivity contribution < 1.29 is 9.59 Å². The molecule has 0 spiro atoms. The number of hydrogen-bond donors (Lipinski definition) is 2. The Morgan fingerprint density at radius 2 is 2.04 bits per heavy atom. The second kappa shape index (κ2) is 8.87. The summed E-state index contributed by atoms with van der Waals surface area (Å²) in [4.78, 5) is 23.8. The summed E-state index contributed by atoms with van der Waals surface area (Å²) in [6, 6.07) is 5.61. The molecule has 1 aliphatic rings. The molecule has 0 saturated carbocycles. The summed E-state index contributed by atoms with van der Waals surface area (Å²) in [5.74, 6) is -0.515. The van der Waals surface area contributed by atoms with Crippen LogP contribution < -0.4 is 10.6 Å². The van der Waals surface area contributed by atoms with Crippen molar-refractivity contribution in [3.8, 4) is 0 Å². The smallest absolute Gasteiger partial charge is 0.233 e. The van der Waals surface area contributed by atoms with Crippen LogP contribution in [0.25, 0.3) is 0 Å². The van der Waals surface area contributed by atoms with Gasteiger partial charge in [-0.1, -0.05) is 27.6 Å². The summed E-state index contributed by atoms with van der Waals surface area (Å²) >= 11 is 3.38. The number of aryl methyl sites for hydroxylation is 1. The van der Waals surface area contributed by atoms with E-state index in [4.69, 9.17) is 0 Å². The predicted molar refractivity (Wildman–Crippen MR) is 96.3 cm³/mol. The molecule has 2 rings (SSSR count). The fourth-order valence-corrected chi connectivity index (χ4v) is 3.14. The van der Waals surface area contributed by atoms with Crippen LogP contribution >= 0.6 is 15.9 Å². The number of hydrogen-bond acceptors (Lipinski definition) is 2. The van der Waals surface area contributed by atoms with Gasteiger partial charge in [-0.25, -0.2) is 0 Å². The molecule has 2 N–H and O–H groups in total. The van der Waals surface area contributed by atoms with Gasteiger partial charge in [-0.05, 0) is 62.8 Å². The molecule has 4 nitrogen and oxygen atoms in total. The number of rotatable bonds is 6. The van der Waals surface area contributed by atoms with Crippen molar-refractivity contribution in [2.45, 2.75) is 45.4 Å². The first kappa shape index (κ1) is 17.7. The van der Waals surface area contributed by atoms with Crippen LogP contribution in [0.1, 0.15) is 44.1 Å². The van der Waals surface area contributed by atoms with Gasteiger partial charge in [-0.3, -0.25) is 9.59 Å². The zero-order valence-corrected chi connectivity index (χ0v) is 15.0. The topological polar surface area (TPSA) is 58.2 Å². The van der Waals surface area contributed by atoms with E-state index in [1.165, 1.54) is 18.4 Å². The molecule has 0 fully saturated rings. The molecule has 1 aliphatic carbocycles. The van der Waals surface area contributed by atoms with Gasteiger partial charge in [0.1, 0.15) is 6.42 Å². The van der Waals surface area contributed by atoms with Crippen LogP contribution in [0.2, 0.25) is 0 Å². The van der Waals surface area contributed by atoms with E-state index in [1.54, 1.807) is 0 Å². The third-order valence-electron chi connectivity index (χ3n) is 3.94. The lowest BCUT2D eigenvalue weighted by Crippen LogP contribution is -2.29. The Morgan fingerprint density at radius 1 is 1.22 bits per heavy atom. The van der Waals surface area contributed by atoms with Gasteiger partial charge in [0.15, 0.2) is 0 Å². The second-order valence-electron chi connectivity index (χ2n) is 5.89. The summed E-state index contributed by atoms with van der Waals surface area (Å²) in [5.41, 5.74) is 3.11. The third-order valence-corrected chi connectivity index (χ3v) is 4.43. The van der Waals surface area contributed by atoms with Crippen molar-refractivity contribution in [1.82, 2.24) is 5.32 Å². The standard InChI is InChI=1S/C18H23BrN2O2/c1-13-11-15(19)7-8-16(13)21-18(23)12-17(22)20-10-9-14-5-3-2-4-6-14/h5,7-8,11H,2-4,6,9-10,12H2,1H3,(H,20,22)(H,21,23). The molecule has 5 heteroatoms. The summed E-state index contributed by atoms with van der Waals surface area (Å²) in [6.07, 6.45) is 7.82. The van der Waals surface area contributed by atoms with Crippen molar-refractivity contribution >= 4 is 33.4 Å². The number of carbonyl (C=O) groups is 2. The molecule has 0 saturated heterocycles. The number of amides is 2. The van der Waals surface area contributed by atoms with Crippen LogP contribution in [0, 0.1) is 6.92 Å². The van der Waals surface area contributed by atoms with Crippen LogP contribution in [0.5, 0.6) is 0 Å². The minimum atomic E-state index is -0.287. The quantitative estimate of drug-likeness (QED) is 0.578. The van der Waals surface area contributed by atoms with Crippen LogP contribution in [0.4, 0.5) is 5.69 Å². The van der Waals surface area contributed by atoms with Gasteiger partial charge in [-0.2, -0.15) is 0 Å². The maximum absolute atomic E-state index is 11.9. The molecule has 0 unspecified atom stereocenters. The largest absolute Gasteiger partial charge is 0.355 e. The zero-order chi connectivity index (χ0) is 16.7. The van der Waals surface area contributed by atoms with E-state index in [-0.39, 0.29) is 18.2 Å². The number of anilines is 1. The van der Waals surface area contributed by atoms with Gasteiger partial charge in [0.05, 0.1) is 0 Å². The van der Waals surface area contributed by atoms with E-state index >= 15 is 0 Å². The van der Waals surface area contributed by atoms with Crippen LogP contribution in [0.3, 0.4) is 0 Å². The SMILES string of the molecule is Cc1cc(Br)ccc1NC(=O)CC(=O)NCCC1=CCCCC1. The summed E-state index contributed by atoms with van der Waals surface area (Å²) < 4.78 is 0.961. The third kappa shape index (κ3) is 6.18. The highest BCUT2D eigenvalue weighted by Crippen LogP contribution is 2.20. The average molecular weight is 379 g/mol. The highest BCUT2D eigenvalue weighted by molar-refractivity contribution is 9.10. The number of nitrogens with one attached hydrogen (secondary N) is 2. The second-order valence-corrected chi connectivity index (χ2v) is 6.81. The lowest BCUT2D eigenvalue weighted by Gasteiger charge is -2.13. The Hall–Kier alpha value is -1.62. The van der Waals surface area contributed by atoms with Gasteiger partial charge in [0.2, 0.25) is 11.8 Å². The van der Waals surface area contributed by atoms with Gasteiger partial charge < -0.3 is 10.6 Å². The molecule has 0 bridgehead atoms. The van der Waals surface area contributed by atoms with E-state index < -0.39 is 0 Å². The average Bonchev–Trinajstić information content (AvgIpc) is 2.51. The molecule has 2 amide bonds. The highest BCUT2D eigenvalue weighted by Gasteiger charge is 2.11. The van der Waals surface area contributed by atoms with Crippen molar-refractivity contribution in [3.05, 3.63) is 39.9 Å². The van der Waals surface area contributed by atoms with Crippen molar-refractivity contribution in [2.75, 3.05) is 11.9 Å². The molecule has 0 aromatic heterocycles. The molecule has 1 aromatic rings. The maximum Gasteiger partial charge on any atom is 0.233 e. The number of halogens is 1. The Morgan fingerprint density at radius 3 is 2.74 bits per heavy atom. The fraction of sp³-hybridized carbons (Fsp3) is 0.444. The van der Waals surface area contributed by atoms with E-state index in [9.17, 15) is 9.59 Å². The van der Waals surface area contributed by atoms with E-state index in [1.807, 2.05) is 25.1 Å². The number of benzene rings is 1. The van der Waals surface area contributed by atoms with Crippen molar-refractivity contribution in [1.29, 1.82) is 0 Å². The molecular formula is C18H23BrN2O2. The van der Waals surface area contributed by atoms with Gasteiger partial charge in [-0.15, -0.1) is 0 Å². The van der Waals surface area contributed by atoms with Crippen LogP contribution in [0.15, 0.2) is 34.3 Å². The van der Waals surface area contributed by atoms with Crippen molar-refractivity contribution in [2.24, 2.45) is 0 Å². The fourth-order valence-electron chi connectivity index (χ4n) is 2.66. The molecular weight excluding hydrogens is 356 g/mol. The van der Waals surface area contributed by atoms with Crippen molar-refractivity contribution in [3.63, 3.8) is 0 Å². The summed E-state index contributed by atoms with van der Waals surface area (Å²) in [6.45, 7) is 2.52. The molecule has 0 heterocycles. The highest BCUT2D eigenvalue weighted by atomic mass is 79.9. The lowest BCUT2D eigenvalue weighted by atomic mass is 9.97. The van der Waals surface area contributed by atoms with E-state index in [0.29, 0.717) is 6.54 Å². The Balaban J connectivity index is 1.71. The summed E-state index contributed by atoms with van der Waals surface area (Å²) in [7, 11) is 0. The first-order chi connectivity index (χ1) is 11.0. The Bertz CT molecular complexity index is 611. The minimum Gasteiger partial charge on any atom is -0.355 e. The van der Waals surface area contributed by atoms with Gasteiger partial charge in [0.25, 0.3) is 0 Å². The minimum absolute atomic E-state index is 0.144. The zero-order valence-electron chi connectivity index (χ0n) is 13.5. The molecule has 1 aromatic carbocycles. The van der Waals surface area contributed by atoms with Crippen LogP contribution in [-0.2, 0) is 9.59 Å². The number of carbonyl (C=O) groups excluding carboxylic acids is 2. The molecule has 0 atom stereocenters. The van der Waals surface area contributed by atoms with Gasteiger partial charge in [0, 0.05) is 16.7 Å². The molecule has 0 radical (unpaired) electrons. The molecule has 124 valence electrons. The Kier molecular flexibility index (Phi) is 6.84. The maximum atomic E-state index is 11.9. The lowest BCUT2D eigenvalue weighted by molar-refractivity contribution is -0.126. The molecule has 0 aliphatic heterocycles. The first-order valence-corrected chi connectivity index (χ1v) is 8.84. The number of allylic oxidation sites excluding steroid dienone is 1. The Labute approximate surface area is 145 Å². The van der Waals surface area contributed by atoms with Crippen LogP contribution in [-0.4, -0.2) is 18.4 Å². The van der Waals surface area contributed by atoms with E-state index in [2.05, 4.69) is 32.6 Å². The van der Waals surface area contributed by atoms with E-state index in [0.717, 1.165) is 35.0 Å². The summed E-state index contributed by atoms with van der Waals surface area (Å²) in [5, 5.41) is 5.60. The first-order valence-electron chi connectivity index (χ1n) is 8.05. The normalized spacial score (nSPS) is 14.1.